The third-order valence-electron chi connectivity index (χ3n) is 2.54. The first-order valence-electron chi connectivity index (χ1n) is 5.15. The first-order valence-corrected chi connectivity index (χ1v) is 5.15. The van der Waals surface area contributed by atoms with Gasteiger partial charge in [0.15, 0.2) is 0 Å². The van der Waals surface area contributed by atoms with Crippen LogP contribution in [0.3, 0.4) is 0 Å². The predicted octanol–water partition coefficient (Wildman–Crippen LogP) is 2.69. The lowest BCUT2D eigenvalue weighted by molar-refractivity contribution is -0.168. The number of rotatable bonds is 3. The van der Waals surface area contributed by atoms with Crippen molar-refractivity contribution in [2.45, 2.75) is 5.92 Å². The van der Waals surface area contributed by atoms with Crippen molar-refractivity contribution in [1.82, 2.24) is 4.90 Å². The van der Waals surface area contributed by atoms with Crippen molar-refractivity contribution in [3.8, 4) is 0 Å². The summed E-state index contributed by atoms with van der Waals surface area (Å²) in [7, 11) is 0. The van der Waals surface area contributed by atoms with Crippen LogP contribution in [0.2, 0.25) is 0 Å². The number of β-lactam (4-membered cyclic amide) rings is 1. The highest BCUT2D eigenvalue weighted by Gasteiger charge is 2.58. The van der Waals surface area contributed by atoms with Crippen LogP contribution in [-0.4, -0.2) is 23.3 Å². The third kappa shape index (κ3) is 1.86. The SMILES string of the molecule is C=CCN1C(=O)C(F)(F)/C1=C/c1ccccc1. The van der Waals surface area contributed by atoms with Crippen molar-refractivity contribution in [2.24, 2.45) is 0 Å². The lowest BCUT2D eigenvalue weighted by Gasteiger charge is -2.40. The summed E-state index contributed by atoms with van der Waals surface area (Å²) in [4.78, 5) is 12.2. The molecule has 2 rings (SSSR count). The topological polar surface area (TPSA) is 20.3 Å². The van der Waals surface area contributed by atoms with Gasteiger partial charge in [-0.3, -0.25) is 4.79 Å². The minimum absolute atomic E-state index is 0.104. The first kappa shape index (κ1) is 11.5. The maximum atomic E-state index is 13.4. The summed E-state index contributed by atoms with van der Waals surface area (Å²) < 4.78 is 26.7. The molecule has 17 heavy (non-hydrogen) atoms. The standard InChI is InChI=1S/C13H11F2NO/c1-2-8-16-11(13(14,15)12(16)17)9-10-6-4-3-5-7-10/h2-7,9H,1,8H2/b11-9-. The number of hydrogen-bond acceptors (Lipinski definition) is 1. The van der Waals surface area contributed by atoms with Crippen LogP contribution in [0.25, 0.3) is 6.08 Å². The first-order chi connectivity index (χ1) is 8.07. The molecular formula is C13H11F2NO. The summed E-state index contributed by atoms with van der Waals surface area (Å²) in [6, 6.07) is 8.72. The Morgan fingerprint density at radius 1 is 1.29 bits per heavy atom. The van der Waals surface area contributed by atoms with Gasteiger partial charge in [0, 0.05) is 6.54 Å². The molecular weight excluding hydrogens is 224 g/mol. The van der Waals surface area contributed by atoms with Crippen molar-refractivity contribution < 1.29 is 13.6 Å². The molecule has 0 saturated carbocycles. The largest absolute Gasteiger partial charge is 0.364 e. The van der Waals surface area contributed by atoms with Crippen LogP contribution in [0.15, 0.2) is 48.7 Å². The minimum atomic E-state index is -3.38. The van der Waals surface area contributed by atoms with Gasteiger partial charge in [-0.15, -0.1) is 6.58 Å². The normalized spacial score (nSPS) is 20.2. The number of carbonyl (C=O) groups excluding carboxylic acids is 1. The van der Waals surface area contributed by atoms with Crippen molar-refractivity contribution in [2.75, 3.05) is 6.54 Å². The molecule has 4 heteroatoms. The fourth-order valence-electron chi connectivity index (χ4n) is 1.69. The van der Waals surface area contributed by atoms with Gasteiger partial charge in [0.1, 0.15) is 5.70 Å². The van der Waals surface area contributed by atoms with Crippen molar-refractivity contribution in [3.05, 3.63) is 54.2 Å². The van der Waals surface area contributed by atoms with Gasteiger partial charge in [-0.25, -0.2) is 0 Å². The van der Waals surface area contributed by atoms with Crippen LogP contribution in [0.4, 0.5) is 8.78 Å². The number of nitrogens with zero attached hydrogens (tertiary/aromatic N) is 1. The minimum Gasteiger partial charge on any atom is -0.300 e. The van der Waals surface area contributed by atoms with E-state index in [1.807, 2.05) is 0 Å². The highest BCUT2D eigenvalue weighted by molar-refractivity contribution is 5.98. The Balaban J connectivity index is 2.32. The molecule has 1 aliphatic rings. The van der Waals surface area contributed by atoms with Crippen molar-refractivity contribution in [3.63, 3.8) is 0 Å². The second-order valence-corrected chi connectivity index (χ2v) is 3.72. The molecule has 1 amide bonds. The van der Waals surface area contributed by atoms with E-state index < -0.39 is 11.8 Å². The van der Waals surface area contributed by atoms with Crippen LogP contribution in [0.1, 0.15) is 5.56 Å². The van der Waals surface area contributed by atoms with Gasteiger partial charge in [0.05, 0.1) is 0 Å². The van der Waals surface area contributed by atoms with Crippen LogP contribution in [0, 0.1) is 0 Å². The van der Waals surface area contributed by atoms with Gasteiger partial charge in [-0.2, -0.15) is 8.78 Å². The Bertz CT molecular complexity index is 479. The number of amides is 1. The van der Waals surface area contributed by atoms with Crippen LogP contribution >= 0.6 is 0 Å². The van der Waals surface area contributed by atoms with E-state index in [0.717, 1.165) is 4.90 Å². The Hall–Kier alpha value is -1.97. The van der Waals surface area contributed by atoms with Crippen LogP contribution in [-0.2, 0) is 4.79 Å². The van der Waals surface area contributed by atoms with Crippen LogP contribution in [0.5, 0.6) is 0 Å². The van der Waals surface area contributed by atoms with E-state index in [1.54, 1.807) is 30.3 Å². The number of halogens is 2. The summed E-state index contributed by atoms with van der Waals surface area (Å²) >= 11 is 0. The summed E-state index contributed by atoms with van der Waals surface area (Å²) in [6.45, 7) is 3.54. The fourth-order valence-corrected chi connectivity index (χ4v) is 1.69. The van der Waals surface area contributed by atoms with Crippen molar-refractivity contribution in [1.29, 1.82) is 0 Å². The molecule has 0 unspecified atom stereocenters. The predicted molar refractivity (Wildman–Crippen MR) is 61.3 cm³/mol. The van der Waals surface area contributed by atoms with Gasteiger partial charge in [0.2, 0.25) is 0 Å². The molecule has 0 radical (unpaired) electrons. The molecule has 0 aliphatic carbocycles. The molecule has 2 nitrogen and oxygen atoms in total. The average Bonchev–Trinajstić information content (AvgIpc) is 2.34. The van der Waals surface area contributed by atoms with Gasteiger partial charge < -0.3 is 4.90 Å². The maximum Gasteiger partial charge on any atom is 0.364 e. The summed E-state index contributed by atoms with van der Waals surface area (Å²) in [5, 5.41) is 0. The van der Waals surface area contributed by atoms with E-state index in [1.165, 1.54) is 12.2 Å². The van der Waals surface area contributed by atoms with Crippen LogP contribution < -0.4 is 0 Å². The zero-order chi connectivity index (χ0) is 12.5. The molecule has 1 aromatic carbocycles. The van der Waals surface area contributed by atoms with E-state index in [4.69, 9.17) is 0 Å². The molecule has 0 spiro atoms. The Kier molecular flexibility index (Phi) is 2.79. The van der Waals surface area contributed by atoms with E-state index in [9.17, 15) is 13.6 Å². The summed E-state index contributed by atoms with van der Waals surface area (Å²) in [5.74, 6) is -4.54. The second-order valence-electron chi connectivity index (χ2n) is 3.72. The number of benzene rings is 1. The van der Waals surface area contributed by atoms with Crippen molar-refractivity contribution >= 4 is 12.0 Å². The maximum absolute atomic E-state index is 13.4. The van der Waals surface area contributed by atoms with E-state index >= 15 is 0 Å². The lowest BCUT2D eigenvalue weighted by atomic mass is 10.0. The van der Waals surface area contributed by atoms with E-state index in [0.29, 0.717) is 5.56 Å². The van der Waals surface area contributed by atoms with Gasteiger partial charge in [-0.05, 0) is 11.6 Å². The number of alkyl halides is 2. The summed E-state index contributed by atoms with van der Waals surface area (Å²) in [5.41, 5.74) is 0.373. The molecule has 0 atom stereocenters. The number of carbonyl (C=O) groups is 1. The number of likely N-dealkylation sites (tertiary alicyclic amines) is 1. The molecule has 1 saturated heterocycles. The highest BCUT2D eigenvalue weighted by Crippen LogP contribution is 2.40. The lowest BCUT2D eigenvalue weighted by Crippen LogP contribution is -2.59. The van der Waals surface area contributed by atoms with Gasteiger partial charge >= 0.3 is 11.8 Å². The van der Waals surface area contributed by atoms with Gasteiger partial charge in [0.25, 0.3) is 0 Å². The molecule has 1 heterocycles. The molecule has 88 valence electrons. The average molecular weight is 235 g/mol. The molecule has 0 N–H and O–H groups in total. The zero-order valence-corrected chi connectivity index (χ0v) is 9.07. The Morgan fingerprint density at radius 2 is 1.94 bits per heavy atom. The van der Waals surface area contributed by atoms with E-state index in [-0.39, 0.29) is 12.2 Å². The molecule has 1 aromatic rings. The summed E-state index contributed by atoms with van der Waals surface area (Å²) in [6.07, 6.45) is 2.75. The second kappa shape index (κ2) is 4.13. The fraction of sp³-hybridized carbons (Fsp3) is 0.154. The molecule has 1 fully saturated rings. The monoisotopic (exact) mass is 235 g/mol. The third-order valence-corrected chi connectivity index (χ3v) is 2.54. The quantitative estimate of drug-likeness (QED) is 0.582. The molecule has 0 aromatic heterocycles. The smallest absolute Gasteiger partial charge is 0.300 e. The Morgan fingerprint density at radius 3 is 2.53 bits per heavy atom. The zero-order valence-electron chi connectivity index (χ0n) is 9.07. The highest BCUT2D eigenvalue weighted by atomic mass is 19.3. The molecule has 1 aliphatic heterocycles. The molecule has 0 bridgehead atoms. The van der Waals surface area contributed by atoms with Gasteiger partial charge in [-0.1, -0.05) is 36.4 Å². The Labute approximate surface area is 97.9 Å². The number of hydrogen-bond donors (Lipinski definition) is 0. The van der Waals surface area contributed by atoms with E-state index in [2.05, 4.69) is 6.58 Å².